The number of hydrogen-bond donors (Lipinski definition) is 3. The Morgan fingerprint density at radius 1 is 1.00 bits per heavy atom. The second-order valence-electron chi connectivity index (χ2n) is 7.84. The fraction of sp³-hybridized carbons (Fsp3) is 0.292. The van der Waals surface area contributed by atoms with Gasteiger partial charge in [-0.25, -0.2) is 14.6 Å². The molecule has 1 fully saturated rings. The monoisotopic (exact) mass is 464 g/mol. The number of aromatic nitrogens is 4. The maximum atomic E-state index is 9.55. The number of carboxylic acid groups (broad SMARTS) is 2. The molecule has 3 heterocycles. The van der Waals surface area contributed by atoms with Gasteiger partial charge in [0.25, 0.3) is 0 Å². The van der Waals surface area contributed by atoms with Crippen molar-refractivity contribution >= 4 is 17.8 Å². The standard InChI is InChI=1S/C20H24N6.C4H4O4/c1-15-3-5-17(6-4-15)19-20(22-8-7-21-19)26-11-9-25(10-12-26)16(2)18-13-23-24-14-18;5-3(6)1-2-4(7)8/h3-8,13-14,16H,9-12H2,1-2H3,(H,23,24);1-2H,(H,5,6)(H,7,8)/b;2-1+. The Kier molecular flexibility index (Phi) is 8.47. The molecule has 3 N–H and O–H groups in total. The van der Waals surface area contributed by atoms with Crippen molar-refractivity contribution in [3.8, 4) is 11.3 Å². The van der Waals surface area contributed by atoms with Crippen LogP contribution in [0, 0.1) is 6.92 Å². The summed E-state index contributed by atoms with van der Waals surface area (Å²) in [5.41, 5.74) is 4.57. The zero-order valence-electron chi connectivity index (χ0n) is 19.1. The first-order valence-corrected chi connectivity index (χ1v) is 10.8. The van der Waals surface area contributed by atoms with Crippen LogP contribution in [0.15, 0.2) is 61.2 Å². The summed E-state index contributed by atoms with van der Waals surface area (Å²) in [7, 11) is 0. The molecule has 3 aromatic rings. The average molecular weight is 465 g/mol. The second-order valence-corrected chi connectivity index (χ2v) is 7.84. The van der Waals surface area contributed by atoms with Crippen molar-refractivity contribution in [2.45, 2.75) is 19.9 Å². The molecule has 34 heavy (non-hydrogen) atoms. The minimum Gasteiger partial charge on any atom is -0.478 e. The van der Waals surface area contributed by atoms with E-state index < -0.39 is 11.9 Å². The fourth-order valence-corrected chi connectivity index (χ4v) is 3.64. The molecule has 0 aliphatic carbocycles. The molecule has 0 amide bonds. The molecule has 10 nitrogen and oxygen atoms in total. The van der Waals surface area contributed by atoms with Gasteiger partial charge in [0.1, 0.15) is 5.69 Å². The van der Waals surface area contributed by atoms with E-state index in [1.54, 1.807) is 12.4 Å². The highest BCUT2D eigenvalue weighted by Gasteiger charge is 2.25. The topological polar surface area (TPSA) is 136 Å². The van der Waals surface area contributed by atoms with Crippen molar-refractivity contribution in [2.24, 2.45) is 0 Å². The third-order valence-corrected chi connectivity index (χ3v) is 5.54. The van der Waals surface area contributed by atoms with Crippen molar-refractivity contribution in [2.75, 3.05) is 31.1 Å². The van der Waals surface area contributed by atoms with Gasteiger partial charge in [-0.15, -0.1) is 0 Å². The number of aryl methyl sites for hydroxylation is 1. The summed E-state index contributed by atoms with van der Waals surface area (Å²) in [5.74, 6) is -1.54. The Hall–Kier alpha value is -4.05. The number of anilines is 1. The molecule has 10 heteroatoms. The van der Waals surface area contributed by atoms with Crippen LogP contribution in [0.4, 0.5) is 5.82 Å². The molecule has 178 valence electrons. The number of H-pyrrole nitrogens is 1. The van der Waals surface area contributed by atoms with Gasteiger partial charge in [-0.3, -0.25) is 15.0 Å². The van der Waals surface area contributed by atoms with E-state index in [0.717, 1.165) is 43.3 Å². The van der Waals surface area contributed by atoms with E-state index in [1.807, 2.05) is 12.4 Å². The maximum absolute atomic E-state index is 9.55. The van der Waals surface area contributed by atoms with Crippen LogP contribution in [-0.2, 0) is 9.59 Å². The molecule has 0 radical (unpaired) electrons. The lowest BCUT2D eigenvalue weighted by Crippen LogP contribution is -2.47. The lowest BCUT2D eigenvalue weighted by Gasteiger charge is -2.38. The summed E-state index contributed by atoms with van der Waals surface area (Å²) in [6, 6.07) is 8.87. The highest BCUT2D eigenvalue weighted by atomic mass is 16.4. The van der Waals surface area contributed by atoms with E-state index in [1.165, 1.54) is 11.1 Å². The molecule has 1 aliphatic heterocycles. The van der Waals surface area contributed by atoms with E-state index in [0.29, 0.717) is 18.2 Å². The summed E-state index contributed by atoms with van der Waals surface area (Å²) in [4.78, 5) is 33.2. The normalized spacial score (nSPS) is 14.9. The summed E-state index contributed by atoms with van der Waals surface area (Å²) in [6.45, 7) is 8.22. The Morgan fingerprint density at radius 3 is 2.18 bits per heavy atom. The highest BCUT2D eigenvalue weighted by Crippen LogP contribution is 2.29. The number of nitrogens with zero attached hydrogens (tertiary/aromatic N) is 5. The van der Waals surface area contributed by atoms with E-state index in [4.69, 9.17) is 10.2 Å². The van der Waals surface area contributed by atoms with Crippen LogP contribution in [-0.4, -0.2) is 73.4 Å². The Labute approximate surface area is 197 Å². The Balaban J connectivity index is 0.000000350. The number of hydrogen-bond acceptors (Lipinski definition) is 7. The summed E-state index contributed by atoms with van der Waals surface area (Å²) < 4.78 is 0. The van der Waals surface area contributed by atoms with Crippen molar-refractivity contribution in [3.63, 3.8) is 0 Å². The highest BCUT2D eigenvalue weighted by molar-refractivity contribution is 5.89. The fourth-order valence-electron chi connectivity index (χ4n) is 3.64. The van der Waals surface area contributed by atoms with Gasteiger partial charge in [-0.2, -0.15) is 5.10 Å². The van der Waals surface area contributed by atoms with Gasteiger partial charge in [0.05, 0.1) is 6.20 Å². The molecule has 1 atom stereocenters. The zero-order valence-corrected chi connectivity index (χ0v) is 19.1. The third-order valence-electron chi connectivity index (χ3n) is 5.54. The molecule has 0 spiro atoms. The molecule has 1 unspecified atom stereocenters. The quantitative estimate of drug-likeness (QED) is 0.470. The predicted molar refractivity (Wildman–Crippen MR) is 127 cm³/mol. The van der Waals surface area contributed by atoms with Gasteiger partial charge in [-0.1, -0.05) is 29.8 Å². The van der Waals surface area contributed by atoms with Crippen LogP contribution >= 0.6 is 0 Å². The Morgan fingerprint density at radius 2 is 1.62 bits per heavy atom. The van der Waals surface area contributed by atoms with Gasteiger partial charge < -0.3 is 15.1 Å². The molecular weight excluding hydrogens is 436 g/mol. The number of rotatable bonds is 6. The van der Waals surface area contributed by atoms with Gasteiger partial charge in [0.2, 0.25) is 0 Å². The Bertz CT molecular complexity index is 1090. The maximum Gasteiger partial charge on any atom is 0.328 e. The molecule has 2 aromatic heterocycles. The van der Waals surface area contributed by atoms with Crippen LogP contribution in [0.1, 0.15) is 24.1 Å². The third kappa shape index (κ3) is 6.72. The first-order chi connectivity index (χ1) is 16.3. The first kappa shape index (κ1) is 24.6. The number of carboxylic acids is 2. The SMILES string of the molecule is Cc1ccc(-c2nccnc2N2CCN(C(C)c3cn[nH]c3)CC2)cc1.O=C(O)/C=C/C(=O)O. The number of piperazine rings is 1. The number of aliphatic carboxylic acids is 2. The van der Waals surface area contributed by atoms with Crippen molar-refractivity contribution in [1.82, 2.24) is 25.1 Å². The van der Waals surface area contributed by atoms with Crippen LogP contribution in [0.25, 0.3) is 11.3 Å². The van der Waals surface area contributed by atoms with Gasteiger partial charge in [0, 0.05) is 74.1 Å². The number of nitrogens with one attached hydrogen (secondary N) is 1. The molecule has 1 saturated heterocycles. The van der Waals surface area contributed by atoms with Crippen LogP contribution in [0.2, 0.25) is 0 Å². The van der Waals surface area contributed by atoms with Crippen LogP contribution in [0.3, 0.4) is 0 Å². The smallest absolute Gasteiger partial charge is 0.328 e. The molecular formula is C24H28N6O4. The minimum atomic E-state index is -1.26. The molecule has 1 aromatic carbocycles. The molecule has 0 bridgehead atoms. The number of aromatic amines is 1. The molecule has 4 rings (SSSR count). The van der Waals surface area contributed by atoms with Crippen molar-refractivity contribution in [1.29, 1.82) is 0 Å². The number of benzene rings is 1. The summed E-state index contributed by atoms with van der Waals surface area (Å²) >= 11 is 0. The second kappa shape index (κ2) is 11.7. The average Bonchev–Trinajstić information content (AvgIpc) is 3.38. The lowest BCUT2D eigenvalue weighted by molar-refractivity contribution is -0.134. The first-order valence-electron chi connectivity index (χ1n) is 10.8. The number of carbonyl (C=O) groups is 2. The summed E-state index contributed by atoms with van der Waals surface area (Å²) in [6.07, 6.45) is 8.57. The zero-order chi connectivity index (χ0) is 24.5. The van der Waals surface area contributed by atoms with Gasteiger partial charge >= 0.3 is 11.9 Å². The van der Waals surface area contributed by atoms with E-state index in [2.05, 4.69) is 68.1 Å². The van der Waals surface area contributed by atoms with Crippen molar-refractivity contribution in [3.05, 3.63) is 72.3 Å². The van der Waals surface area contributed by atoms with Gasteiger partial charge in [0.15, 0.2) is 5.82 Å². The van der Waals surface area contributed by atoms with E-state index in [9.17, 15) is 9.59 Å². The molecule has 0 saturated carbocycles. The van der Waals surface area contributed by atoms with E-state index >= 15 is 0 Å². The van der Waals surface area contributed by atoms with E-state index in [-0.39, 0.29) is 0 Å². The van der Waals surface area contributed by atoms with Gasteiger partial charge in [-0.05, 0) is 13.8 Å². The van der Waals surface area contributed by atoms with Crippen LogP contribution in [0.5, 0.6) is 0 Å². The molecule has 1 aliphatic rings. The minimum absolute atomic E-state index is 0.370. The predicted octanol–water partition coefficient (Wildman–Crippen LogP) is 2.77. The largest absolute Gasteiger partial charge is 0.478 e. The summed E-state index contributed by atoms with van der Waals surface area (Å²) in [5, 5.41) is 22.6. The van der Waals surface area contributed by atoms with Crippen LogP contribution < -0.4 is 4.90 Å². The van der Waals surface area contributed by atoms with Crippen molar-refractivity contribution < 1.29 is 19.8 Å². The lowest BCUT2D eigenvalue weighted by atomic mass is 10.1.